The smallest absolute Gasteiger partial charge is 0.300 e. The number of fused-ring (bicyclic) bond motifs is 5. The molecule has 2 bridgehead atoms. The summed E-state index contributed by atoms with van der Waals surface area (Å²) in [4.78, 5) is 52.1. The van der Waals surface area contributed by atoms with Gasteiger partial charge >= 0.3 is 0 Å². The second-order valence-corrected chi connectivity index (χ2v) is 8.81. The van der Waals surface area contributed by atoms with Crippen LogP contribution in [0, 0.1) is 5.92 Å². The van der Waals surface area contributed by atoms with Crippen LogP contribution in [0.25, 0.3) is 10.9 Å². The zero-order valence-electron chi connectivity index (χ0n) is 19.2. The van der Waals surface area contributed by atoms with Crippen molar-refractivity contribution < 1.29 is 19.5 Å². The molecule has 0 aliphatic carbocycles. The van der Waals surface area contributed by atoms with Crippen LogP contribution in [-0.2, 0) is 20.9 Å². The first-order chi connectivity index (χ1) is 16.3. The van der Waals surface area contributed by atoms with Gasteiger partial charge in [0.2, 0.25) is 11.8 Å². The van der Waals surface area contributed by atoms with Gasteiger partial charge in [-0.3, -0.25) is 23.7 Å². The monoisotopic (exact) mass is 464 g/mol. The van der Waals surface area contributed by atoms with Gasteiger partial charge in [0, 0.05) is 74.2 Å². The maximum atomic E-state index is 13.4. The Kier molecular flexibility index (Phi) is 6.54. The lowest BCUT2D eigenvalue weighted by atomic mass is 9.78. The first kappa shape index (κ1) is 23.3. The summed E-state index contributed by atoms with van der Waals surface area (Å²) in [7, 11) is 0. The number of pyridine rings is 1. The van der Waals surface area contributed by atoms with Crippen LogP contribution in [0.5, 0.6) is 0 Å². The Bertz CT molecular complexity index is 1290. The van der Waals surface area contributed by atoms with Gasteiger partial charge in [0.15, 0.2) is 0 Å². The fourth-order valence-electron chi connectivity index (χ4n) is 5.12. The van der Waals surface area contributed by atoms with Gasteiger partial charge in [0.1, 0.15) is 6.04 Å². The van der Waals surface area contributed by atoms with E-state index in [1.807, 2.05) is 36.5 Å². The molecule has 5 rings (SSSR count). The fourth-order valence-corrected chi connectivity index (χ4v) is 5.12. The Morgan fingerprint density at radius 3 is 2.56 bits per heavy atom. The summed E-state index contributed by atoms with van der Waals surface area (Å²) in [6, 6.07) is 12.5. The highest BCUT2D eigenvalue weighted by atomic mass is 16.4. The number of likely N-dealkylation sites (tertiary alicyclic amines) is 1. The minimum Gasteiger partial charge on any atom is -0.481 e. The van der Waals surface area contributed by atoms with Crippen molar-refractivity contribution in [3.8, 4) is 0 Å². The highest BCUT2D eigenvalue weighted by molar-refractivity contribution is 5.85. The molecular weight excluding hydrogens is 436 g/mol. The second-order valence-electron chi connectivity index (χ2n) is 8.81. The van der Waals surface area contributed by atoms with Crippen LogP contribution in [-0.4, -0.2) is 50.4 Å². The van der Waals surface area contributed by atoms with Crippen molar-refractivity contribution in [1.29, 1.82) is 0 Å². The lowest BCUT2D eigenvalue weighted by molar-refractivity contribution is -0.135. The molecule has 2 aromatic heterocycles. The van der Waals surface area contributed by atoms with E-state index in [-0.39, 0.29) is 29.2 Å². The third-order valence-corrected chi connectivity index (χ3v) is 6.50. The van der Waals surface area contributed by atoms with Crippen LogP contribution >= 0.6 is 0 Å². The molecule has 0 radical (unpaired) electrons. The quantitative estimate of drug-likeness (QED) is 0.548. The van der Waals surface area contributed by atoms with Gasteiger partial charge in [-0.2, -0.15) is 0 Å². The van der Waals surface area contributed by atoms with Crippen LogP contribution in [0.1, 0.15) is 43.5 Å². The number of hydrogen-bond donors (Lipinski definition) is 3. The summed E-state index contributed by atoms with van der Waals surface area (Å²) in [6.45, 7) is 4.12. The number of carbonyl (C=O) groups excluding carboxylic acids is 2. The Morgan fingerprint density at radius 2 is 1.82 bits per heavy atom. The number of aromatic nitrogens is 2. The molecule has 1 aromatic carbocycles. The minimum absolute atomic E-state index is 0.00900. The summed E-state index contributed by atoms with van der Waals surface area (Å²) in [5.74, 6) is -0.997. The first-order valence-electron chi connectivity index (χ1n) is 11.3. The summed E-state index contributed by atoms with van der Waals surface area (Å²) in [6.07, 6.45) is 2.68. The van der Waals surface area contributed by atoms with Crippen molar-refractivity contribution in [2.45, 2.75) is 38.8 Å². The van der Waals surface area contributed by atoms with E-state index in [4.69, 9.17) is 9.90 Å². The molecule has 9 heteroatoms. The maximum Gasteiger partial charge on any atom is 0.300 e. The van der Waals surface area contributed by atoms with E-state index in [2.05, 4.69) is 10.3 Å². The number of nitrogens with one attached hydrogen (secondary N) is 2. The number of nitrogens with zero attached hydrogens (tertiary/aromatic N) is 2. The van der Waals surface area contributed by atoms with E-state index in [1.54, 1.807) is 22.5 Å². The van der Waals surface area contributed by atoms with Gasteiger partial charge in [-0.05, 0) is 30.2 Å². The van der Waals surface area contributed by atoms with Gasteiger partial charge in [0.25, 0.3) is 11.5 Å². The molecule has 3 N–H and O–H groups in total. The van der Waals surface area contributed by atoms with E-state index in [0.29, 0.717) is 19.6 Å². The van der Waals surface area contributed by atoms with Crippen LogP contribution < -0.4 is 10.9 Å². The van der Waals surface area contributed by atoms with Gasteiger partial charge in [-0.25, -0.2) is 0 Å². The predicted molar refractivity (Wildman–Crippen MR) is 126 cm³/mol. The maximum absolute atomic E-state index is 13.4. The molecule has 34 heavy (non-hydrogen) atoms. The lowest BCUT2D eigenvalue weighted by Crippen LogP contribution is -2.54. The SMILES string of the molecule is CC(=O)N1C[C@H]2C[C@@H](C1)C(C(=O)NCc1cccc3[nH]ccc13)n1c2cccc1=O.CC(=O)O. The number of carboxylic acids is 1. The second kappa shape index (κ2) is 9.54. The standard InChI is InChI=1S/C23H24N4O3.C2H4O2/c1-14(28)26-12-16-10-17(13-26)22(27-20(16)6-3-7-21(27)29)23(30)25-11-15-4-2-5-19-18(15)8-9-24-19;1-2(3)4/h2-9,16-17,22,24H,10-13H2,1H3,(H,25,30);1H3,(H,3,4)/t16-,17+,22?;/m1./s1. The Hall–Kier alpha value is -3.88. The van der Waals surface area contributed by atoms with Gasteiger partial charge < -0.3 is 20.3 Å². The number of carboxylic acid groups (broad SMARTS) is 1. The summed E-state index contributed by atoms with van der Waals surface area (Å²) < 4.78 is 1.66. The van der Waals surface area contributed by atoms with Gasteiger partial charge in [0.05, 0.1) is 0 Å². The third kappa shape index (κ3) is 4.59. The van der Waals surface area contributed by atoms with E-state index >= 15 is 0 Å². The molecule has 3 atom stereocenters. The largest absolute Gasteiger partial charge is 0.481 e. The molecule has 1 fully saturated rings. The zero-order valence-corrected chi connectivity index (χ0v) is 19.2. The van der Waals surface area contributed by atoms with Crippen LogP contribution in [0.4, 0.5) is 0 Å². The third-order valence-electron chi connectivity index (χ3n) is 6.50. The fraction of sp³-hybridized carbons (Fsp3) is 0.360. The molecular formula is C25H28N4O5. The Morgan fingerprint density at radius 1 is 1.09 bits per heavy atom. The van der Waals surface area contributed by atoms with Crippen molar-refractivity contribution in [2.24, 2.45) is 5.92 Å². The predicted octanol–water partition coefficient (Wildman–Crippen LogP) is 2.24. The molecule has 0 saturated carbocycles. The molecule has 9 nitrogen and oxygen atoms in total. The van der Waals surface area contributed by atoms with E-state index in [0.717, 1.165) is 35.5 Å². The number of rotatable bonds is 3. The number of aromatic amines is 1. The van der Waals surface area contributed by atoms with Crippen molar-refractivity contribution >= 4 is 28.7 Å². The molecule has 0 spiro atoms. The van der Waals surface area contributed by atoms with Crippen LogP contribution in [0.3, 0.4) is 0 Å². The number of carbonyl (C=O) groups is 3. The number of piperidine rings is 1. The van der Waals surface area contributed by atoms with Crippen LogP contribution in [0.2, 0.25) is 0 Å². The Labute approximate surface area is 196 Å². The molecule has 4 heterocycles. The normalized spacial score (nSPS) is 20.6. The molecule has 1 saturated heterocycles. The highest BCUT2D eigenvalue weighted by Crippen LogP contribution is 2.41. The number of aliphatic carboxylic acids is 1. The number of hydrogen-bond acceptors (Lipinski definition) is 4. The van der Waals surface area contributed by atoms with Crippen LogP contribution in [0.15, 0.2) is 53.5 Å². The zero-order chi connectivity index (χ0) is 24.4. The van der Waals surface area contributed by atoms with E-state index in [9.17, 15) is 14.4 Å². The van der Waals surface area contributed by atoms with Crippen molar-refractivity contribution in [3.05, 3.63) is 70.3 Å². The van der Waals surface area contributed by atoms with Crippen molar-refractivity contribution in [2.75, 3.05) is 13.1 Å². The average molecular weight is 465 g/mol. The highest BCUT2D eigenvalue weighted by Gasteiger charge is 2.44. The number of benzene rings is 1. The molecule has 2 aliphatic heterocycles. The molecule has 1 unspecified atom stereocenters. The first-order valence-corrected chi connectivity index (χ1v) is 11.3. The van der Waals surface area contributed by atoms with Gasteiger partial charge in [-0.15, -0.1) is 0 Å². The Balaban J connectivity index is 0.000000636. The minimum atomic E-state index is -0.833. The van der Waals surface area contributed by atoms with E-state index in [1.165, 1.54) is 6.07 Å². The molecule has 2 aliphatic rings. The lowest BCUT2D eigenvalue weighted by Gasteiger charge is -2.46. The molecule has 2 amide bonds. The van der Waals surface area contributed by atoms with Gasteiger partial charge in [-0.1, -0.05) is 18.2 Å². The summed E-state index contributed by atoms with van der Waals surface area (Å²) in [5, 5.41) is 11.5. The van der Waals surface area contributed by atoms with Crippen molar-refractivity contribution in [1.82, 2.24) is 19.8 Å². The molecule has 178 valence electrons. The van der Waals surface area contributed by atoms with Crippen molar-refractivity contribution in [3.63, 3.8) is 0 Å². The number of H-pyrrole nitrogens is 1. The van der Waals surface area contributed by atoms with E-state index < -0.39 is 12.0 Å². The molecule has 3 aromatic rings. The summed E-state index contributed by atoms with van der Waals surface area (Å²) in [5.41, 5.74) is 2.72. The average Bonchev–Trinajstić information content (AvgIpc) is 3.27. The number of amides is 2. The summed E-state index contributed by atoms with van der Waals surface area (Å²) >= 11 is 0. The topological polar surface area (TPSA) is 124 Å².